The highest BCUT2D eigenvalue weighted by Gasteiger charge is 2.38. The van der Waals surface area contributed by atoms with E-state index < -0.39 is 25.5 Å². The third kappa shape index (κ3) is 5.28. The van der Waals surface area contributed by atoms with Gasteiger partial charge in [0.2, 0.25) is 0 Å². The van der Waals surface area contributed by atoms with Gasteiger partial charge in [0, 0.05) is 11.4 Å². The molecule has 2 aromatic carbocycles. The summed E-state index contributed by atoms with van der Waals surface area (Å²) in [5.74, 6) is -0.712. The zero-order chi connectivity index (χ0) is 19.4. The van der Waals surface area contributed by atoms with Gasteiger partial charge in [-0.25, -0.2) is 8.42 Å². The molecule has 0 aromatic heterocycles. The van der Waals surface area contributed by atoms with Crippen LogP contribution in [0.5, 0.6) is 0 Å². The number of hydrogen-bond acceptors (Lipinski definition) is 4. The van der Waals surface area contributed by atoms with Crippen molar-refractivity contribution in [3.63, 3.8) is 0 Å². The normalized spacial score (nSPS) is 14.0. The molecule has 5 nitrogen and oxygen atoms in total. The first kappa shape index (κ1) is 21.3. The van der Waals surface area contributed by atoms with Gasteiger partial charge in [0.25, 0.3) is 15.9 Å². The van der Waals surface area contributed by atoms with Gasteiger partial charge in [0.15, 0.2) is 0 Å². The van der Waals surface area contributed by atoms with Crippen LogP contribution in [0.25, 0.3) is 0 Å². The lowest BCUT2D eigenvalue weighted by molar-refractivity contribution is -0.124. The van der Waals surface area contributed by atoms with E-state index in [0.717, 1.165) is 0 Å². The number of alkyl halides is 2. The number of hydrazine groups is 1. The molecule has 0 aliphatic heterocycles. The van der Waals surface area contributed by atoms with Crippen LogP contribution >= 0.6 is 47.4 Å². The summed E-state index contributed by atoms with van der Waals surface area (Å²) in [6.45, 7) is 0. The Balaban J connectivity index is 2.21. The Morgan fingerprint density at radius 1 is 1.08 bits per heavy atom. The number of halogens is 3. The Kier molecular flexibility index (Phi) is 7.24. The number of rotatable bonds is 7. The van der Waals surface area contributed by atoms with Gasteiger partial charge in [-0.05, 0) is 29.8 Å². The molecule has 2 rings (SSSR count). The maximum Gasteiger partial charge on any atom is 0.257 e. The van der Waals surface area contributed by atoms with Gasteiger partial charge in [-0.2, -0.15) is 12.6 Å². The van der Waals surface area contributed by atoms with Crippen LogP contribution in [-0.2, 0) is 19.6 Å². The predicted molar refractivity (Wildman–Crippen MR) is 107 cm³/mol. The first-order valence-electron chi connectivity index (χ1n) is 7.29. The summed E-state index contributed by atoms with van der Waals surface area (Å²) in [7, 11) is -3.98. The molecular weight excluding hydrogens is 439 g/mol. The fraction of sp³-hybridized carbons (Fsp3) is 0.188. The van der Waals surface area contributed by atoms with Crippen LogP contribution in [0.15, 0.2) is 59.5 Å². The highest BCUT2D eigenvalue weighted by molar-refractivity contribution is 7.89. The van der Waals surface area contributed by atoms with Gasteiger partial charge < -0.3 is 0 Å². The quantitative estimate of drug-likeness (QED) is 0.340. The molecule has 0 aliphatic rings. The van der Waals surface area contributed by atoms with Crippen LogP contribution in [0.4, 0.5) is 0 Å². The van der Waals surface area contributed by atoms with Crippen LogP contribution in [-0.4, -0.2) is 19.2 Å². The molecule has 0 spiro atoms. The van der Waals surface area contributed by atoms with Gasteiger partial charge in [0.1, 0.15) is 9.58 Å². The van der Waals surface area contributed by atoms with E-state index in [2.05, 4.69) is 18.1 Å². The molecular formula is C16H15Cl3N2O3S2. The maximum absolute atomic E-state index is 12.7. The van der Waals surface area contributed by atoms with E-state index in [1.165, 1.54) is 24.3 Å². The highest BCUT2D eigenvalue weighted by Crippen LogP contribution is 2.36. The van der Waals surface area contributed by atoms with E-state index in [-0.39, 0.29) is 11.3 Å². The summed E-state index contributed by atoms with van der Waals surface area (Å²) < 4.78 is 23.1. The second kappa shape index (κ2) is 8.82. The number of amides is 1. The zero-order valence-electron chi connectivity index (χ0n) is 13.2. The number of thiol groups is 1. The van der Waals surface area contributed by atoms with Crippen LogP contribution in [0, 0.1) is 0 Å². The highest BCUT2D eigenvalue weighted by atomic mass is 35.5. The van der Waals surface area contributed by atoms with Crippen LogP contribution < -0.4 is 10.3 Å². The van der Waals surface area contributed by atoms with Crippen LogP contribution in [0.3, 0.4) is 0 Å². The summed E-state index contributed by atoms with van der Waals surface area (Å²) in [5, 5.41) is 0.390. The minimum Gasteiger partial charge on any atom is -0.276 e. The minimum absolute atomic E-state index is 0.0300. The van der Waals surface area contributed by atoms with Gasteiger partial charge in [-0.3, -0.25) is 10.2 Å². The number of benzene rings is 2. The van der Waals surface area contributed by atoms with Gasteiger partial charge in [-0.15, -0.1) is 28.0 Å². The van der Waals surface area contributed by atoms with Crippen LogP contribution in [0.2, 0.25) is 5.02 Å². The number of nitrogens with one attached hydrogen (secondary N) is 2. The molecule has 0 saturated heterocycles. The lowest BCUT2D eigenvalue weighted by atomic mass is 9.94. The zero-order valence-corrected chi connectivity index (χ0v) is 17.2. The SMILES string of the molecule is O=C(NNS(=O)(=O)c1ccc(Cl)cc1)C(S)(CC(Cl)Cl)c1ccccc1. The van der Waals surface area contributed by atoms with E-state index >= 15 is 0 Å². The monoisotopic (exact) mass is 452 g/mol. The van der Waals surface area contributed by atoms with Crippen molar-refractivity contribution in [3.8, 4) is 0 Å². The molecule has 2 N–H and O–H groups in total. The molecule has 1 unspecified atom stereocenters. The van der Waals surface area contributed by atoms with E-state index in [9.17, 15) is 13.2 Å². The van der Waals surface area contributed by atoms with Gasteiger partial charge >= 0.3 is 0 Å². The topological polar surface area (TPSA) is 75.3 Å². The maximum atomic E-state index is 12.7. The fourth-order valence-electron chi connectivity index (χ4n) is 2.17. The molecule has 0 fully saturated rings. The second-order valence-corrected chi connectivity index (χ2v) is 9.49. The molecule has 1 amide bonds. The summed E-state index contributed by atoms with van der Waals surface area (Å²) in [4.78, 5) is 13.8. The van der Waals surface area contributed by atoms with E-state index in [1.807, 2.05) is 4.83 Å². The van der Waals surface area contributed by atoms with Gasteiger partial charge in [0.05, 0.1) is 4.90 Å². The van der Waals surface area contributed by atoms with Crippen molar-refractivity contribution in [1.29, 1.82) is 0 Å². The molecule has 0 saturated carbocycles. The van der Waals surface area contributed by atoms with Crippen LogP contribution in [0.1, 0.15) is 12.0 Å². The molecule has 2 aromatic rings. The van der Waals surface area contributed by atoms with Crippen molar-refractivity contribution in [2.45, 2.75) is 20.9 Å². The molecule has 0 radical (unpaired) electrons. The molecule has 26 heavy (non-hydrogen) atoms. The molecule has 0 bridgehead atoms. The Hall–Kier alpha value is -0.960. The lowest BCUT2D eigenvalue weighted by Gasteiger charge is -2.28. The Labute approximate surface area is 172 Å². The number of carbonyl (C=O) groups is 1. The van der Waals surface area contributed by atoms with Gasteiger partial charge in [-0.1, -0.05) is 41.9 Å². The third-order valence-corrected chi connectivity index (χ3v) is 5.97. The Bertz CT molecular complexity index is 862. The molecule has 0 aliphatic carbocycles. The smallest absolute Gasteiger partial charge is 0.257 e. The Morgan fingerprint density at radius 3 is 2.19 bits per heavy atom. The van der Waals surface area contributed by atoms with Crippen molar-refractivity contribution < 1.29 is 13.2 Å². The number of carbonyl (C=O) groups excluding carboxylic acids is 1. The summed E-state index contributed by atoms with van der Waals surface area (Å²) in [5.41, 5.74) is 2.70. The van der Waals surface area contributed by atoms with Crippen molar-refractivity contribution in [2.24, 2.45) is 0 Å². The van der Waals surface area contributed by atoms with Crippen molar-refractivity contribution in [1.82, 2.24) is 10.3 Å². The van der Waals surface area contributed by atoms with E-state index in [4.69, 9.17) is 34.8 Å². The van der Waals surface area contributed by atoms with E-state index in [1.54, 1.807) is 30.3 Å². The lowest BCUT2D eigenvalue weighted by Crippen LogP contribution is -2.49. The second-order valence-electron chi connectivity index (χ2n) is 5.34. The number of hydrogen-bond donors (Lipinski definition) is 3. The third-order valence-electron chi connectivity index (χ3n) is 3.50. The van der Waals surface area contributed by atoms with Crippen molar-refractivity contribution >= 4 is 63.4 Å². The average molecular weight is 454 g/mol. The number of sulfonamides is 1. The largest absolute Gasteiger partial charge is 0.276 e. The van der Waals surface area contributed by atoms with Crippen molar-refractivity contribution in [3.05, 3.63) is 65.2 Å². The van der Waals surface area contributed by atoms with E-state index in [0.29, 0.717) is 10.6 Å². The minimum atomic E-state index is -3.98. The standard InChI is InChI=1S/C16H15Cl3N2O3S2/c17-12-6-8-13(9-7-12)26(23,24)21-20-15(22)16(25,10-14(18)19)11-4-2-1-3-5-11/h1-9,14,21,25H,10H2,(H,20,22). The van der Waals surface area contributed by atoms with Crippen molar-refractivity contribution in [2.75, 3.05) is 0 Å². The summed E-state index contributed by atoms with van der Waals surface area (Å²) >= 11 is 21.9. The summed E-state index contributed by atoms with van der Waals surface area (Å²) in [6.07, 6.45) is -0.0300. The predicted octanol–water partition coefficient (Wildman–Crippen LogP) is 3.67. The fourth-order valence-corrected chi connectivity index (χ4v) is 4.20. The first-order valence-corrected chi connectivity index (χ1v) is 10.5. The molecule has 10 heteroatoms. The Morgan fingerprint density at radius 2 is 1.65 bits per heavy atom. The first-order chi connectivity index (χ1) is 12.1. The molecule has 1 atom stereocenters. The average Bonchev–Trinajstić information content (AvgIpc) is 2.60. The summed E-state index contributed by atoms with van der Waals surface area (Å²) in [6, 6.07) is 14.1. The molecule has 0 heterocycles. The molecule has 140 valence electrons.